The SMILES string of the molecule is CCCCCCCCCCCCc1c(C(=O)O)cc([N+](=O)[O-])cc1[N+](=O)[O-]. The molecule has 0 saturated carbocycles. The number of hydrogen-bond acceptors (Lipinski definition) is 5. The zero-order chi connectivity index (χ0) is 20.2. The molecular formula is C19H28N2O6. The molecule has 8 nitrogen and oxygen atoms in total. The fraction of sp³-hybridized carbons (Fsp3) is 0.632. The molecule has 0 fully saturated rings. The van der Waals surface area contributed by atoms with Gasteiger partial charge in [-0.25, -0.2) is 4.79 Å². The van der Waals surface area contributed by atoms with Crippen LogP contribution in [0, 0.1) is 20.2 Å². The summed E-state index contributed by atoms with van der Waals surface area (Å²) in [6.45, 7) is 2.19. The summed E-state index contributed by atoms with van der Waals surface area (Å²) in [4.78, 5) is 32.0. The van der Waals surface area contributed by atoms with Gasteiger partial charge in [0.1, 0.15) is 0 Å². The molecular weight excluding hydrogens is 352 g/mol. The Bertz CT molecular complexity index is 625. The van der Waals surface area contributed by atoms with Crippen LogP contribution in [0.1, 0.15) is 87.1 Å². The molecule has 0 aliphatic rings. The lowest BCUT2D eigenvalue weighted by Crippen LogP contribution is -2.08. The van der Waals surface area contributed by atoms with Crippen molar-refractivity contribution in [3.63, 3.8) is 0 Å². The molecule has 1 rings (SSSR count). The van der Waals surface area contributed by atoms with E-state index in [4.69, 9.17) is 0 Å². The van der Waals surface area contributed by atoms with Gasteiger partial charge in [0.25, 0.3) is 11.4 Å². The molecule has 0 aliphatic carbocycles. The molecule has 150 valence electrons. The third-order valence-corrected chi connectivity index (χ3v) is 4.63. The van der Waals surface area contributed by atoms with Gasteiger partial charge in [-0.05, 0) is 12.8 Å². The smallest absolute Gasteiger partial charge is 0.336 e. The van der Waals surface area contributed by atoms with E-state index in [1.807, 2.05) is 0 Å². The Labute approximate surface area is 158 Å². The first-order valence-corrected chi connectivity index (χ1v) is 9.57. The molecule has 0 atom stereocenters. The van der Waals surface area contributed by atoms with E-state index in [1.165, 1.54) is 38.5 Å². The number of non-ortho nitro benzene ring substituents is 1. The third-order valence-electron chi connectivity index (χ3n) is 4.63. The van der Waals surface area contributed by atoms with Crippen LogP contribution in [0.15, 0.2) is 12.1 Å². The Balaban J connectivity index is 2.60. The van der Waals surface area contributed by atoms with Gasteiger partial charge in [-0.1, -0.05) is 64.7 Å². The van der Waals surface area contributed by atoms with Crippen molar-refractivity contribution in [1.82, 2.24) is 0 Å². The lowest BCUT2D eigenvalue weighted by atomic mass is 9.97. The quantitative estimate of drug-likeness (QED) is 0.252. The van der Waals surface area contributed by atoms with Crippen molar-refractivity contribution in [2.45, 2.75) is 77.6 Å². The number of hydrogen-bond donors (Lipinski definition) is 1. The van der Waals surface area contributed by atoms with Crippen LogP contribution in [-0.4, -0.2) is 20.9 Å². The van der Waals surface area contributed by atoms with E-state index in [1.54, 1.807) is 0 Å². The van der Waals surface area contributed by atoms with E-state index >= 15 is 0 Å². The van der Waals surface area contributed by atoms with Gasteiger partial charge in [0.15, 0.2) is 0 Å². The van der Waals surface area contributed by atoms with Crippen molar-refractivity contribution in [1.29, 1.82) is 0 Å². The summed E-state index contributed by atoms with van der Waals surface area (Å²) < 4.78 is 0. The predicted octanol–water partition coefficient (Wildman–Crippen LogP) is 5.66. The number of nitrogens with zero attached hydrogens (tertiary/aromatic N) is 2. The summed E-state index contributed by atoms with van der Waals surface area (Å²) in [5.74, 6) is -1.39. The molecule has 0 aromatic heterocycles. The molecule has 0 spiro atoms. The molecule has 8 heteroatoms. The van der Waals surface area contributed by atoms with Crippen molar-refractivity contribution < 1.29 is 19.7 Å². The molecule has 1 N–H and O–H groups in total. The maximum atomic E-state index is 11.4. The first kappa shape index (κ1) is 22.5. The van der Waals surface area contributed by atoms with Gasteiger partial charge in [-0.2, -0.15) is 0 Å². The van der Waals surface area contributed by atoms with Gasteiger partial charge in [0, 0.05) is 11.6 Å². The van der Waals surface area contributed by atoms with E-state index in [-0.39, 0.29) is 17.5 Å². The number of nitro benzene ring substituents is 2. The van der Waals surface area contributed by atoms with Crippen molar-refractivity contribution in [3.05, 3.63) is 43.5 Å². The number of nitro groups is 2. The highest BCUT2D eigenvalue weighted by atomic mass is 16.6. The summed E-state index contributed by atoms with van der Waals surface area (Å²) in [5, 5.41) is 31.4. The van der Waals surface area contributed by atoms with Crippen LogP contribution in [0.25, 0.3) is 0 Å². The molecule has 1 aromatic rings. The van der Waals surface area contributed by atoms with Crippen molar-refractivity contribution in [2.75, 3.05) is 0 Å². The lowest BCUT2D eigenvalue weighted by molar-refractivity contribution is -0.394. The normalized spacial score (nSPS) is 10.7. The van der Waals surface area contributed by atoms with Gasteiger partial charge >= 0.3 is 5.97 Å². The highest BCUT2D eigenvalue weighted by Gasteiger charge is 2.26. The lowest BCUT2D eigenvalue weighted by Gasteiger charge is -2.08. The first-order valence-electron chi connectivity index (χ1n) is 9.57. The van der Waals surface area contributed by atoms with Crippen molar-refractivity contribution in [3.8, 4) is 0 Å². The molecule has 1 aromatic carbocycles. The summed E-state index contributed by atoms with van der Waals surface area (Å²) in [5.41, 5.74) is -1.35. The van der Waals surface area contributed by atoms with Crippen LogP contribution in [-0.2, 0) is 6.42 Å². The minimum absolute atomic E-state index is 0.0673. The highest BCUT2D eigenvalue weighted by molar-refractivity contribution is 5.91. The number of aromatic carboxylic acids is 1. The Morgan fingerprint density at radius 1 is 0.889 bits per heavy atom. The van der Waals surface area contributed by atoms with Gasteiger partial charge in [-0.3, -0.25) is 20.2 Å². The Kier molecular flexibility index (Phi) is 10.00. The van der Waals surface area contributed by atoms with Crippen LogP contribution < -0.4 is 0 Å². The van der Waals surface area contributed by atoms with Gasteiger partial charge in [-0.15, -0.1) is 0 Å². The van der Waals surface area contributed by atoms with Crippen LogP contribution in [0.5, 0.6) is 0 Å². The minimum Gasteiger partial charge on any atom is -0.478 e. The van der Waals surface area contributed by atoms with Crippen molar-refractivity contribution >= 4 is 17.3 Å². The van der Waals surface area contributed by atoms with Gasteiger partial charge < -0.3 is 5.11 Å². The first-order chi connectivity index (χ1) is 12.9. The van der Waals surface area contributed by atoms with E-state index in [2.05, 4.69) is 6.92 Å². The van der Waals surface area contributed by atoms with Crippen molar-refractivity contribution in [2.24, 2.45) is 0 Å². The average molecular weight is 380 g/mol. The van der Waals surface area contributed by atoms with Crippen LogP contribution in [0.4, 0.5) is 11.4 Å². The average Bonchev–Trinajstić information content (AvgIpc) is 2.62. The molecule has 0 amide bonds. The molecule has 0 heterocycles. The van der Waals surface area contributed by atoms with Gasteiger partial charge in [0.05, 0.1) is 21.5 Å². The summed E-state index contributed by atoms with van der Waals surface area (Å²) in [7, 11) is 0. The number of rotatable bonds is 14. The van der Waals surface area contributed by atoms with Gasteiger partial charge in [0.2, 0.25) is 0 Å². The monoisotopic (exact) mass is 380 g/mol. The zero-order valence-electron chi connectivity index (χ0n) is 15.8. The number of carboxylic acids is 1. The highest BCUT2D eigenvalue weighted by Crippen LogP contribution is 2.30. The summed E-state index contributed by atoms with van der Waals surface area (Å²) >= 11 is 0. The fourth-order valence-electron chi connectivity index (χ4n) is 3.15. The van der Waals surface area contributed by atoms with E-state index in [0.29, 0.717) is 6.42 Å². The largest absolute Gasteiger partial charge is 0.478 e. The maximum absolute atomic E-state index is 11.4. The Morgan fingerprint density at radius 3 is 1.85 bits per heavy atom. The molecule has 0 bridgehead atoms. The van der Waals surface area contributed by atoms with E-state index in [0.717, 1.165) is 31.4 Å². The third kappa shape index (κ3) is 7.72. The molecule has 0 radical (unpaired) electrons. The Morgan fingerprint density at radius 2 is 1.41 bits per heavy atom. The standard InChI is InChI=1S/C19H28N2O6/c1-2-3-4-5-6-7-8-9-10-11-12-16-17(19(22)23)13-15(20(24)25)14-18(16)21(26)27/h13-14H,2-12H2,1H3,(H,22,23). The van der Waals surface area contributed by atoms with E-state index in [9.17, 15) is 30.1 Å². The Hall–Kier alpha value is -2.51. The molecule has 0 unspecified atom stereocenters. The second kappa shape index (κ2) is 12.0. The molecule has 27 heavy (non-hydrogen) atoms. The number of carboxylic acid groups (broad SMARTS) is 1. The number of unbranched alkanes of at least 4 members (excludes halogenated alkanes) is 9. The summed E-state index contributed by atoms with van der Waals surface area (Å²) in [6, 6.07) is 1.75. The maximum Gasteiger partial charge on any atom is 0.336 e. The second-order valence-electron chi connectivity index (χ2n) is 6.74. The molecule has 0 aliphatic heterocycles. The second-order valence-corrected chi connectivity index (χ2v) is 6.74. The number of carbonyl (C=O) groups is 1. The van der Waals surface area contributed by atoms with Crippen LogP contribution in [0.2, 0.25) is 0 Å². The van der Waals surface area contributed by atoms with Crippen LogP contribution >= 0.6 is 0 Å². The minimum atomic E-state index is -1.39. The topological polar surface area (TPSA) is 124 Å². The summed E-state index contributed by atoms with van der Waals surface area (Å²) in [6.07, 6.45) is 11.2. The van der Waals surface area contributed by atoms with E-state index < -0.39 is 27.2 Å². The molecule has 0 saturated heterocycles. The van der Waals surface area contributed by atoms with Crippen LogP contribution in [0.3, 0.4) is 0 Å². The fourth-order valence-corrected chi connectivity index (χ4v) is 3.15. The zero-order valence-corrected chi connectivity index (χ0v) is 15.8. The predicted molar refractivity (Wildman–Crippen MR) is 102 cm³/mol. The number of benzene rings is 1.